The Morgan fingerprint density at radius 3 is 2.67 bits per heavy atom. The maximum atomic E-state index is 11.7. The molecular formula is C18H28N2O. The smallest absolute Gasteiger partial charge is 0.222 e. The summed E-state index contributed by atoms with van der Waals surface area (Å²) in [6.45, 7) is 6.17. The first-order valence-corrected chi connectivity index (χ1v) is 8.29. The molecule has 3 heteroatoms. The van der Waals surface area contributed by atoms with Gasteiger partial charge in [-0.2, -0.15) is 0 Å². The SMILES string of the molecule is CCCCC(NC(C)CN1CCCC1=O)c1ccccc1. The fraction of sp³-hybridized carbons (Fsp3) is 0.611. The van der Waals surface area contributed by atoms with Crippen molar-refractivity contribution in [3.8, 4) is 0 Å². The second-order valence-corrected chi connectivity index (χ2v) is 6.12. The number of likely N-dealkylation sites (tertiary alicyclic amines) is 1. The van der Waals surface area contributed by atoms with Crippen LogP contribution in [0.2, 0.25) is 0 Å². The lowest BCUT2D eigenvalue weighted by atomic mass is 10.0. The van der Waals surface area contributed by atoms with Crippen molar-refractivity contribution in [3.63, 3.8) is 0 Å². The lowest BCUT2D eigenvalue weighted by Crippen LogP contribution is -2.41. The highest BCUT2D eigenvalue weighted by Crippen LogP contribution is 2.20. The van der Waals surface area contributed by atoms with Gasteiger partial charge in [0.15, 0.2) is 0 Å². The minimum absolute atomic E-state index is 0.313. The van der Waals surface area contributed by atoms with Gasteiger partial charge in [-0.15, -0.1) is 0 Å². The number of hydrogen-bond donors (Lipinski definition) is 1. The first kappa shape index (κ1) is 16.0. The highest BCUT2D eigenvalue weighted by Gasteiger charge is 2.23. The number of amides is 1. The zero-order valence-electron chi connectivity index (χ0n) is 13.3. The van der Waals surface area contributed by atoms with Crippen molar-refractivity contribution in [2.75, 3.05) is 13.1 Å². The van der Waals surface area contributed by atoms with E-state index in [1.54, 1.807) is 0 Å². The van der Waals surface area contributed by atoms with Gasteiger partial charge in [0, 0.05) is 31.6 Å². The van der Waals surface area contributed by atoms with Crippen LogP contribution in [0.15, 0.2) is 30.3 Å². The molecule has 0 aliphatic carbocycles. The molecule has 2 atom stereocenters. The third-order valence-corrected chi connectivity index (χ3v) is 4.20. The number of nitrogens with one attached hydrogen (secondary N) is 1. The third-order valence-electron chi connectivity index (χ3n) is 4.20. The molecule has 2 unspecified atom stereocenters. The van der Waals surface area contributed by atoms with E-state index in [9.17, 15) is 4.79 Å². The predicted octanol–water partition coefficient (Wildman–Crippen LogP) is 3.52. The molecule has 1 amide bonds. The molecule has 1 N–H and O–H groups in total. The van der Waals surface area contributed by atoms with E-state index < -0.39 is 0 Å². The summed E-state index contributed by atoms with van der Waals surface area (Å²) in [5.74, 6) is 0.313. The summed E-state index contributed by atoms with van der Waals surface area (Å²) in [6.07, 6.45) is 5.33. The molecule has 0 aromatic heterocycles. The Kier molecular flexibility index (Phi) is 6.24. The lowest BCUT2D eigenvalue weighted by molar-refractivity contribution is -0.127. The number of benzene rings is 1. The second kappa shape index (κ2) is 8.18. The van der Waals surface area contributed by atoms with Crippen LogP contribution in [0.1, 0.15) is 57.6 Å². The average Bonchev–Trinajstić information content (AvgIpc) is 2.89. The van der Waals surface area contributed by atoms with E-state index in [1.165, 1.54) is 18.4 Å². The van der Waals surface area contributed by atoms with Crippen LogP contribution in [-0.4, -0.2) is 29.9 Å². The summed E-state index contributed by atoms with van der Waals surface area (Å²) < 4.78 is 0. The molecule has 0 radical (unpaired) electrons. The van der Waals surface area contributed by atoms with Crippen LogP contribution in [0.3, 0.4) is 0 Å². The molecule has 0 saturated carbocycles. The van der Waals surface area contributed by atoms with Crippen LogP contribution >= 0.6 is 0 Å². The van der Waals surface area contributed by atoms with E-state index >= 15 is 0 Å². The van der Waals surface area contributed by atoms with Crippen molar-refractivity contribution in [2.24, 2.45) is 0 Å². The molecule has 0 spiro atoms. The molecule has 1 aliphatic heterocycles. The van der Waals surface area contributed by atoms with E-state index in [4.69, 9.17) is 0 Å². The van der Waals surface area contributed by atoms with Gasteiger partial charge in [0.05, 0.1) is 0 Å². The third kappa shape index (κ3) is 4.85. The predicted molar refractivity (Wildman–Crippen MR) is 87.1 cm³/mol. The summed E-state index contributed by atoms with van der Waals surface area (Å²) >= 11 is 0. The molecular weight excluding hydrogens is 260 g/mol. The minimum atomic E-state index is 0.313. The maximum absolute atomic E-state index is 11.7. The van der Waals surface area contributed by atoms with Crippen LogP contribution in [0.4, 0.5) is 0 Å². The van der Waals surface area contributed by atoms with Crippen LogP contribution in [0, 0.1) is 0 Å². The van der Waals surface area contributed by atoms with Gasteiger partial charge in [-0.25, -0.2) is 0 Å². The van der Waals surface area contributed by atoms with E-state index in [2.05, 4.69) is 49.5 Å². The first-order valence-electron chi connectivity index (χ1n) is 8.29. The van der Waals surface area contributed by atoms with Crippen molar-refractivity contribution in [3.05, 3.63) is 35.9 Å². The Labute approximate surface area is 128 Å². The Balaban J connectivity index is 1.92. The molecule has 3 nitrogen and oxygen atoms in total. The minimum Gasteiger partial charge on any atom is -0.341 e. The monoisotopic (exact) mass is 288 g/mol. The normalized spacial score (nSPS) is 18.0. The molecule has 1 fully saturated rings. The average molecular weight is 288 g/mol. The number of unbranched alkanes of at least 4 members (excludes halogenated alkanes) is 1. The van der Waals surface area contributed by atoms with Crippen molar-refractivity contribution >= 4 is 5.91 Å². The van der Waals surface area contributed by atoms with Crippen LogP contribution in [-0.2, 0) is 4.79 Å². The van der Waals surface area contributed by atoms with Gasteiger partial charge >= 0.3 is 0 Å². The molecule has 1 saturated heterocycles. The quantitative estimate of drug-likeness (QED) is 0.794. The van der Waals surface area contributed by atoms with Gasteiger partial charge in [0.1, 0.15) is 0 Å². The highest BCUT2D eigenvalue weighted by molar-refractivity contribution is 5.78. The Morgan fingerprint density at radius 1 is 1.29 bits per heavy atom. The van der Waals surface area contributed by atoms with Gasteiger partial charge in [-0.05, 0) is 25.3 Å². The largest absolute Gasteiger partial charge is 0.341 e. The lowest BCUT2D eigenvalue weighted by Gasteiger charge is -2.27. The Hall–Kier alpha value is -1.35. The van der Waals surface area contributed by atoms with Crippen molar-refractivity contribution in [2.45, 2.75) is 58.0 Å². The number of rotatable bonds is 8. The fourth-order valence-electron chi connectivity index (χ4n) is 3.06. The number of nitrogens with zero attached hydrogens (tertiary/aromatic N) is 1. The molecule has 1 aliphatic rings. The number of hydrogen-bond acceptors (Lipinski definition) is 2. The summed E-state index contributed by atoms with van der Waals surface area (Å²) in [4.78, 5) is 13.7. The molecule has 2 rings (SSSR count). The van der Waals surface area contributed by atoms with Crippen LogP contribution in [0.5, 0.6) is 0 Å². The topological polar surface area (TPSA) is 32.3 Å². The summed E-state index contributed by atoms with van der Waals surface area (Å²) in [5.41, 5.74) is 1.35. The van der Waals surface area contributed by atoms with Crippen LogP contribution < -0.4 is 5.32 Å². The summed E-state index contributed by atoms with van der Waals surface area (Å²) in [5, 5.41) is 3.72. The molecule has 116 valence electrons. The van der Waals surface area contributed by atoms with E-state index in [0.29, 0.717) is 18.0 Å². The molecule has 1 heterocycles. The van der Waals surface area contributed by atoms with Gasteiger partial charge in [-0.3, -0.25) is 4.79 Å². The maximum Gasteiger partial charge on any atom is 0.222 e. The van der Waals surface area contributed by atoms with Gasteiger partial charge in [0.25, 0.3) is 0 Å². The standard InChI is InChI=1S/C18H28N2O/c1-3-4-11-17(16-9-6-5-7-10-16)19-15(2)14-20-13-8-12-18(20)21/h5-7,9-10,15,17,19H,3-4,8,11-14H2,1-2H3. The second-order valence-electron chi connectivity index (χ2n) is 6.12. The highest BCUT2D eigenvalue weighted by atomic mass is 16.2. The van der Waals surface area contributed by atoms with Crippen molar-refractivity contribution in [1.82, 2.24) is 10.2 Å². The Bertz CT molecular complexity index is 432. The number of carbonyl (C=O) groups is 1. The summed E-state index contributed by atoms with van der Waals surface area (Å²) in [7, 11) is 0. The van der Waals surface area contributed by atoms with E-state index in [-0.39, 0.29) is 0 Å². The molecule has 1 aromatic carbocycles. The van der Waals surface area contributed by atoms with Crippen LogP contribution in [0.25, 0.3) is 0 Å². The fourth-order valence-corrected chi connectivity index (χ4v) is 3.06. The zero-order valence-corrected chi connectivity index (χ0v) is 13.3. The number of carbonyl (C=O) groups excluding carboxylic acids is 1. The molecule has 21 heavy (non-hydrogen) atoms. The molecule has 1 aromatic rings. The van der Waals surface area contributed by atoms with Gasteiger partial charge in [0.2, 0.25) is 5.91 Å². The van der Waals surface area contributed by atoms with Gasteiger partial charge < -0.3 is 10.2 Å². The van der Waals surface area contributed by atoms with E-state index in [0.717, 1.165) is 32.4 Å². The van der Waals surface area contributed by atoms with Gasteiger partial charge in [-0.1, -0.05) is 50.1 Å². The first-order chi connectivity index (χ1) is 10.2. The van der Waals surface area contributed by atoms with Crippen molar-refractivity contribution in [1.29, 1.82) is 0 Å². The summed E-state index contributed by atoms with van der Waals surface area (Å²) in [6, 6.07) is 11.4. The molecule has 0 bridgehead atoms. The van der Waals surface area contributed by atoms with E-state index in [1.807, 2.05) is 4.90 Å². The zero-order chi connectivity index (χ0) is 15.1. The Morgan fingerprint density at radius 2 is 2.05 bits per heavy atom. The van der Waals surface area contributed by atoms with Crippen molar-refractivity contribution < 1.29 is 4.79 Å².